The Bertz CT molecular complexity index is 1160. The molecule has 1 fully saturated rings. The van der Waals surface area contributed by atoms with Gasteiger partial charge in [0, 0.05) is 36.8 Å². The van der Waals surface area contributed by atoms with Crippen molar-refractivity contribution in [1.82, 2.24) is 18.7 Å². The first-order valence-electron chi connectivity index (χ1n) is 9.28. The van der Waals surface area contributed by atoms with Crippen molar-refractivity contribution >= 4 is 39.7 Å². The van der Waals surface area contributed by atoms with E-state index in [2.05, 4.69) is 27.5 Å². The second-order valence-corrected chi connectivity index (χ2v) is 8.48. The van der Waals surface area contributed by atoms with Crippen LogP contribution in [0.4, 0.5) is 5.95 Å². The lowest BCUT2D eigenvalue weighted by Gasteiger charge is -2.32. The number of aryl methyl sites for hydroxylation is 1. The number of hydrogen-bond acceptors (Lipinski definition) is 5. The number of piperidine rings is 1. The summed E-state index contributed by atoms with van der Waals surface area (Å²) in [5.74, 6) is 0.697. The summed E-state index contributed by atoms with van der Waals surface area (Å²) in [6.45, 7) is 2.02. The van der Waals surface area contributed by atoms with E-state index >= 15 is 0 Å². The maximum absolute atomic E-state index is 13.0. The Labute approximate surface area is 175 Å². The Morgan fingerprint density at radius 3 is 2.68 bits per heavy atom. The van der Waals surface area contributed by atoms with E-state index in [9.17, 15) is 9.59 Å². The smallest absolute Gasteiger partial charge is 0.332 e. The van der Waals surface area contributed by atoms with E-state index in [-0.39, 0.29) is 17.3 Å². The molecule has 0 radical (unpaired) electrons. The standard InChI is InChI=1S/C19H23IN6O2/c1-23-16-15(17(27)24(2)19(23)28)26(10-12-6-3-4-8-14(12)20)18(22-16)25-9-5-7-13(21)11-25/h3-4,6,8,13H,5,7,9-11,21H2,1-2H3. The molecule has 0 aliphatic carbocycles. The van der Waals surface area contributed by atoms with Gasteiger partial charge in [0.05, 0.1) is 6.54 Å². The van der Waals surface area contributed by atoms with Crippen LogP contribution < -0.4 is 21.9 Å². The number of anilines is 1. The molecule has 0 spiro atoms. The van der Waals surface area contributed by atoms with Gasteiger partial charge in [-0.1, -0.05) is 18.2 Å². The Morgan fingerprint density at radius 2 is 1.96 bits per heavy atom. The highest BCUT2D eigenvalue weighted by Gasteiger charge is 2.26. The molecule has 2 N–H and O–H groups in total. The maximum atomic E-state index is 13.0. The number of imidazole rings is 1. The van der Waals surface area contributed by atoms with Crippen LogP contribution >= 0.6 is 22.6 Å². The Kier molecular flexibility index (Phi) is 5.04. The van der Waals surface area contributed by atoms with Crippen LogP contribution in [-0.4, -0.2) is 37.8 Å². The summed E-state index contributed by atoms with van der Waals surface area (Å²) in [6.07, 6.45) is 1.96. The summed E-state index contributed by atoms with van der Waals surface area (Å²) in [4.78, 5) is 32.3. The van der Waals surface area contributed by atoms with Gasteiger partial charge in [0.15, 0.2) is 11.2 Å². The van der Waals surface area contributed by atoms with Crippen molar-refractivity contribution in [2.45, 2.75) is 25.4 Å². The van der Waals surface area contributed by atoms with Crippen LogP contribution in [0.5, 0.6) is 0 Å². The first-order valence-corrected chi connectivity index (χ1v) is 10.4. The van der Waals surface area contributed by atoms with Crippen molar-refractivity contribution in [3.8, 4) is 0 Å². The zero-order chi connectivity index (χ0) is 20.0. The second-order valence-electron chi connectivity index (χ2n) is 7.32. The average Bonchev–Trinajstić information content (AvgIpc) is 3.06. The summed E-state index contributed by atoms with van der Waals surface area (Å²) >= 11 is 2.30. The summed E-state index contributed by atoms with van der Waals surface area (Å²) in [5, 5.41) is 0. The van der Waals surface area contributed by atoms with Gasteiger partial charge in [0.25, 0.3) is 5.56 Å². The maximum Gasteiger partial charge on any atom is 0.332 e. The minimum Gasteiger partial charge on any atom is -0.341 e. The van der Waals surface area contributed by atoms with Gasteiger partial charge in [-0.3, -0.25) is 18.5 Å². The summed E-state index contributed by atoms with van der Waals surface area (Å²) in [7, 11) is 3.16. The molecule has 3 heterocycles. The highest BCUT2D eigenvalue weighted by Crippen LogP contribution is 2.25. The number of nitrogens with two attached hydrogens (primary N) is 1. The molecular formula is C19H23IN6O2. The second kappa shape index (κ2) is 7.36. The predicted molar refractivity (Wildman–Crippen MR) is 118 cm³/mol. The molecule has 8 nitrogen and oxygen atoms in total. The SMILES string of the molecule is Cn1c(=O)c2c(nc(N3CCCC(N)C3)n2Cc2ccccc2I)n(C)c1=O. The van der Waals surface area contributed by atoms with E-state index in [1.54, 1.807) is 7.05 Å². The number of fused-ring (bicyclic) bond motifs is 1. The van der Waals surface area contributed by atoms with Crippen molar-refractivity contribution in [3.63, 3.8) is 0 Å². The lowest BCUT2D eigenvalue weighted by molar-refractivity contribution is 0.495. The van der Waals surface area contributed by atoms with Crippen LogP contribution in [0.3, 0.4) is 0 Å². The predicted octanol–water partition coefficient (Wildman–Crippen LogP) is 1.01. The zero-order valence-electron chi connectivity index (χ0n) is 15.9. The normalized spacial score (nSPS) is 17.4. The molecule has 148 valence electrons. The van der Waals surface area contributed by atoms with Gasteiger partial charge in [0.1, 0.15) is 0 Å². The van der Waals surface area contributed by atoms with Crippen LogP contribution in [0.2, 0.25) is 0 Å². The molecule has 0 bridgehead atoms. The molecule has 1 aliphatic rings. The Morgan fingerprint density at radius 1 is 1.21 bits per heavy atom. The number of benzene rings is 1. The van der Waals surface area contributed by atoms with Crippen LogP contribution in [0.15, 0.2) is 33.9 Å². The number of hydrogen-bond donors (Lipinski definition) is 1. The minimum atomic E-state index is -0.377. The van der Waals surface area contributed by atoms with Crippen LogP contribution in [-0.2, 0) is 20.6 Å². The van der Waals surface area contributed by atoms with Gasteiger partial charge >= 0.3 is 5.69 Å². The summed E-state index contributed by atoms with van der Waals surface area (Å²) in [5.41, 5.74) is 7.44. The number of aromatic nitrogens is 4. The molecule has 1 saturated heterocycles. The molecule has 1 aliphatic heterocycles. The molecule has 2 aromatic heterocycles. The monoisotopic (exact) mass is 494 g/mol. The molecular weight excluding hydrogens is 471 g/mol. The van der Waals surface area contributed by atoms with Crippen molar-refractivity contribution in [3.05, 3.63) is 54.2 Å². The van der Waals surface area contributed by atoms with Crippen molar-refractivity contribution in [2.75, 3.05) is 18.0 Å². The van der Waals surface area contributed by atoms with Crippen molar-refractivity contribution in [1.29, 1.82) is 0 Å². The fraction of sp³-hybridized carbons (Fsp3) is 0.421. The third-order valence-electron chi connectivity index (χ3n) is 5.35. The number of halogens is 1. The van der Waals surface area contributed by atoms with E-state index in [1.165, 1.54) is 11.6 Å². The quantitative estimate of drug-likeness (QED) is 0.550. The third-order valence-corrected chi connectivity index (χ3v) is 6.41. The first kappa shape index (κ1) is 19.2. The van der Waals surface area contributed by atoms with E-state index < -0.39 is 0 Å². The Hall–Kier alpha value is -2.14. The lowest BCUT2D eigenvalue weighted by atomic mass is 10.1. The fourth-order valence-corrected chi connectivity index (χ4v) is 4.37. The van der Waals surface area contributed by atoms with Gasteiger partial charge in [-0.2, -0.15) is 4.98 Å². The van der Waals surface area contributed by atoms with Gasteiger partial charge < -0.3 is 10.6 Å². The largest absolute Gasteiger partial charge is 0.341 e. The van der Waals surface area contributed by atoms with E-state index in [0.717, 1.165) is 33.1 Å². The number of rotatable bonds is 3. The van der Waals surface area contributed by atoms with Crippen molar-refractivity contribution in [2.24, 2.45) is 19.8 Å². The zero-order valence-corrected chi connectivity index (χ0v) is 18.1. The molecule has 0 saturated carbocycles. The Balaban J connectivity index is 1.98. The molecule has 9 heteroatoms. The molecule has 1 unspecified atom stereocenters. The van der Waals surface area contributed by atoms with Gasteiger partial charge in [-0.25, -0.2) is 4.79 Å². The highest BCUT2D eigenvalue weighted by atomic mass is 127. The van der Waals surface area contributed by atoms with E-state index in [1.807, 2.05) is 28.8 Å². The molecule has 3 aromatic rings. The molecule has 1 aromatic carbocycles. The topological polar surface area (TPSA) is 91.1 Å². The highest BCUT2D eigenvalue weighted by molar-refractivity contribution is 14.1. The van der Waals surface area contributed by atoms with Gasteiger partial charge in [-0.15, -0.1) is 0 Å². The van der Waals surface area contributed by atoms with Crippen LogP contribution in [0.25, 0.3) is 11.2 Å². The molecule has 1 atom stereocenters. The van der Waals surface area contributed by atoms with E-state index in [4.69, 9.17) is 10.7 Å². The molecule has 4 rings (SSSR count). The molecule has 28 heavy (non-hydrogen) atoms. The van der Waals surface area contributed by atoms with Crippen LogP contribution in [0.1, 0.15) is 18.4 Å². The minimum absolute atomic E-state index is 0.0746. The summed E-state index contributed by atoms with van der Waals surface area (Å²) in [6, 6.07) is 8.14. The third kappa shape index (κ3) is 3.16. The summed E-state index contributed by atoms with van der Waals surface area (Å²) < 4.78 is 5.63. The van der Waals surface area contributed by atoms with Gasteiger partial charge in [0.2, 0.25) is 5.95 Å². The first-order chi connectivity index (χ1) is 13.4. The lowest BCUT2D eigenvalue weighted by Crippen LogP contribution is -2.44. The molecule has 0 amide bonds. The van der Waals surface area contributed by atoms with Gasteiger partial charge in [-0.05, 0) is 47.1 Å². The van der Waals surface area contributed by atoms with Crippen LogP contribution in [0, 0.1) is 3.57 Å². The fourth-order valence-electron chi connectivity index (χ4n) is 3.81. The average molecular weight is 494 g/mol. The number of nitrogens with zero attached hydrogens (tertiary/aromatic N) is 5. The van der Waals surface area contributed by atoms with E-state index in [0.29, 0.717) is 30.2 Å². The van der Waals surface area contributed by atoms with Crippen molar-refractivity contribution < 1.29 is 0 Å².